The number of nitrogens with zero attached hydrogens (tertiary/aromatic N) is 1. The number of rotatable bonds is 4. The third-order valence-electron chi connectivity index (χ3n) is 5.42. The first-order valence-electron chi connectivity index (χ1n) is 9.90. The average Bonchev–Trinajstić information content (AvgIpc) is 3.35. The molecule has 2 aromatic carbocycles. The Morgan fingerprint density at radius 3 is 2.23 bits per heavy atom. The van der Waals surface area contributed by atoms with E-state index in [2.05, 4.69) is 13.8 Å². The Morgan fingerprint density at radius 1 is 1.00 bits per heavy atom. The van der Waals surface area contributed by atoms with Gasteiger partial charge in [0.2, 0.25) is 0 Å². The number of hydrogen-bond acceptors (Lipinski definition) is 4. The lowest BCUT2D eigenvalue weighted by Crippen LogP contribution is -2.29. The van der Waals surface area contributed by atoms with E-state index in [4.69, 9.17) is 0 Å². The molecule has 2 heterocycles. The fourth-order valence-electron chi connectivity index (χ4n) is 3.70. The number of hydrogen-bond donors (Lipinski definition) is 1. The maximum absolute atomic E-state index is 13.1. The van der Waals surface area contributed by atoms with Gasteiger partial charge in [0.25, 0.3) is 11.7 Å². The Balaban J connectivity index is 1.87. The van der Waals surface area contributed by atoms with Crippen molar-refractivity contribution in [3.05, 3.63) is 93.2 Å². The smallest absolute Gasteiger partial charge is 0.300 e. The van der Waals surface area contributed by atoms with Gasteiger partial charge in [0, 0.05) is 16.1 Å². The molecular weight excluding hydrogens is 394 g/mol. The van der Waals surface area contributed by atoms with Crippen molar-refractivity contribution in [1.29, 1.82) is 0 Å². The minimum absolute atomic E-state index is 0.124. The van der Waals surface area contributed by atoms with Crippen molar-refractivity contribution in [2.75, 3.05) is 4.90 Å². The van der Waals surface area contributed by atoms with Crippen LogP contribution in [0.5, 0.6) is 0 Å². The molecule has 1 N–H and O–H groups in total. The van der Waals surface area contributed by atoms with Gasteiger partial charge in [0.1, 0.15) is 11.8 Å². The number of amides is 1. The molecule has 1 aromatic heterocycles. The van der Waals surface area contributed by atoms with Crippen molar-refractivity contribution in [2.24, 2.45) is 0 Å². The average molecular weight is 418 g/mol. The Hall–Kier alpha value is -3.18. The summed E-state index contributed by atoms with van der Waals surface area (Å²) < 4.78 is 0. The second-order valence-corrected chi connectivity index (χ2v) is 8.78. The van der Waals surface area contributed by atoms with E-state index in [-0.39, 0.29) is 11.3 Å². The number of aliphatic hydroxyl groups is 1. The Morgan fingerprint density at radius 2 is 1.67 bits per heavy atom. The van der Waals surface area contributed by atoms with Crippen molar-refractivity contribution in [1.82, 2.24) is 0 Å². The van der Waals surface area contributed by atoms with Crippen LogP contribution in [0.1, 0.15) is 47.4 Å². The van der Waals surface area contributed by atoms with Crippen LogP contribution in [0.25, 0.3) is 5.76 Å². The maximum atomic E-state index is 13.1. The highest BCUT2D eigenvalue weighted by Crippen LogP contribution is 2.43. The standard InChI is InChI=1S/C25H23NO3S/c1-15(2)17-10-12-19(13-11-17)26-22(20-5-4-14-30-20)21(24(28)25(26)29)23(27)18-8-6-16(3)7-9-18/h4-15,22,27H,1-3H3/b23-21-. The van der Waals surface area contributed by atoms with E-state index in [1.807, 2.05) is 60.8 Å². The van der Waals surface area contributed by atoms with Gasteiger partial charge in [-0.15, -0.1) is 11.3 Å². The van der Waals surface area contributed by atoms with Crippen LogP contribution in [0, 0.1) is 6.92 Å². The molecule has 5 heteroatoms. The summed E-state index contributed by atoms with van der Waals surface area (Å²) in [5.74, 6) is -1.07. The minimum atomic E-state index is -0.667. The van der Waals surface area contributed by atoms with Gasteiger partial charge in [-0.25, -0.2) is 0 Å². The zero-order chi connectivity index (χ0) is 21.4. The number of ketones is 1. The number of thiophene rings is 1. The Labute approximate surface area is 180 Å². The van der Waals surface area contributed by atoms with E-state index < -0.39 is 17.7 Å². The lowest BCUT2D eigenvalue weighted by molar-refractivity contribution is -0.132. The Bertz CT molecular complexity index is 1110. The molecule has 1 atom stereocenters. The third kappa shape index (κ3) is 3.46. The van der Waals surface area contributed by atoms with Crippen molar-refractivity contribution in [3.63, 3.8) is 0 Å². The van der Waals surface area contributed by atoms with Crippen molar-refractivity contribution < 1.29 is 14.7 Å². The molecule has 0 radical (unpaired) electrons. The fraction of sp³-hybridized carbons (Fsp3) is 0.200. The molecule has 0 spiro atoms. The summed E-state index contributed by atoms with van der Waals surface area (Å²) in [5, 5.41) is 12.9. The summed E-state index contributed by atoms with van der Waals surface area (Å²) in [4.78, 5) is 28.4. The maximum Gasteiger partial charge on any atom is 0.300 e. The van der Waals surface area contributed by atoms with E-state index in [1.165, 1.54) is 16.2 Å². The molecule has 152 valence electrons. The molecule has 1 aliphatic heterocycles. The minimum Gasteiger partial charge on any atom is -0.507 e. The number of benzene rings is 2. The molecule has 1 saturated heterocycles. The molecule has 1 aliphatic rings. The molecule has 1 unspecified atom stereocenters. The highest BCUT2D eigenvalue weighted by Gasteiger charge is 2.47. The van der Waals surface area contributed by atoms with Crippen LogP contribution >= 0.6 is 11.3 Å². The first kappa shape index (κ1) is 20.1. The highest BCUT2D eigenvalue weighted by atomic mass is 32.1. The molecule has 30 heavy (non-hydrogen) atoms. The molecule has 4 nitrogen and oxygen atoms in total. The van der Waals surface area contributed by atoms with Gasteiger partial charge in [-0.2, -0.15) is 0 Å². The SMILES string of the molecule is Cc1ccc(/C(O)=C2/C(=O)C(=O)N(c3ccc(C(C)C)cc3)C2c2cccs2)cc1. The van der Waals surface area contributed by atoms with Gasteiger partial charge in [0.05, 0.1) is 5.57 Å². The summed E-state index contributed by atoms with van der Waals surface area (Å²) in [6.45, 7) is 6.16. The number of anilines is 1. The second-order valence-electron chi connectivity index (χ2n) is 7.80. The van der Waals surface area contributed by atoms with Crippen LogP contribution in [-0.4, -0.2) is 16.8 Å². The van der Waals surface area contributed by atoms with Gasteiger partial charge >= 0.3 is 0 Å². The number of carbonyl (C=O) groups is 2. The summed E-state index contributed by atoms with van der Waals surface area (Å²) in [6, 6.07) is 18.1. The van der Waals surface area contributed by atoms with Crippen LogP contribution in [0.4, 0.5) is 5.69 Å². The first-order chi connectivity index (χ1) is 14.4. The summed E-state index contributed by atoms with van der Waals surface area (Å²) in [7, 11) is 0. The van der Waals surface area contributed by atoms with E-state index in [1.54, 1.807) is 12.1 Å². The van der Waals surface area contributed by atoms with Crippen LogP contribution < -0.4 is 4.90 Å². The molecule has 1 fully saturated rings. The third-order valence-corrected chi connectivity index (χ3v) is 6.34. The number of carbonyl (C=O) groups excluding carboxylic acids is 2. The fourth-order valence-corrected chi connectivity index (χ4v) is 4.53. The van der Waals surface area contributed by atoms with Gasteiger partial charge < -0.3 is 5.11 Å². The van der Waals surface area contributed by atoms with Crippen LogP contribution in [0.15, 0.2) is 71.6 Å². The molecular formula is C25H23NO3S. The Kier molecular flexibility index (Phi) is 5.31. The van der Waals surface area contributed by atoms with Gasteiger partial charge in [0.15, 0.2) is 0 Å². The highest BCUT2D eigenvalue weighted by molar-refractivity contribution is 7.10. The molecule has 0 saturated carbocycles. The molecule has 4 rings (SSSR count). The largest absolute Gasteiger partial charge is 0.507 e. The van der Waals surface area contributed by atoms with Crippen molar-refractivity contribution in [3.8, 4) is 0 Å². The predicted octanol–water partition coefficient (Wildman–Crippen LogP) is 5.81. The zero-order valence-corrected chi connectivity index (χ0v) is 17.9. The van der Waals surface area contributed by atoms with Crippen LogP contribution in [0.2, 0.25) is 0 Å². The molecule has 0 bridgehead atoms. The summed E-state index contributed by atoms with van der Waals surface area (Å²) in [6.07, 6.45) is 0. The normalized spacial score (nSPS) is 18.4. The lowest BCUT2D eigenvalue weighted by Gasteiger charge is -2.24. The van der Waals surface area contributed by atoms with Crippen molar-refractivity contribution >= 4 is 34.5 Å². The van der Waals surface area contributed by atoms with Gasteiger partial charge in [-0.3, -0.25) is 14.5 Å². The monoisotopic (exact) mass is 417 g/mol. The predicted molar refractivity (Wildman–Crippen MR) is 121 cm³/mol. The first-order valence-corrected chi connectivity index (χ1v) is 10.8. The number of aryl methyl sites for hydroxylation is 1. The summed E-state index contributed by atoms with van der Waals surface area (Å²) >= 11 is 1.46. The van der Waals surface area contributed by atoms with Gasteiger partial charge in [-0.05, 0) is 42.0 Å². The number of aliphatic hydroxyl groups excluding tert-OH is 1. The zero-order valence-electron chi connectivity index (χ0n) is 17.1. The number of Topliss-reactive ketones (excluding diaryl/α,β-unsaturated/α-hetero) is 1. The second kappa shape index (κ2) is 7.92. The van der Waals surface area contributed by atoms with E-state index in [0.717, 1.165) is 16.0 Å². The van der Waals surface area contributed by atoms with Crippen LogP contribution in [-0.2, 0) is 9.59 Å². The lowest BCUT2D eigenvalue weighted by atomic mass is 9.99. The van der Waals surface area contributed by atoms with E-state index >= 15 is 0 Å². The quantitative estimate of drug-likeness (QED) is 0.331. The molecule has 3 aromatic rings. The molecule has 0 aliphatic carbocycles. The molecule has 1 amide bonds. The van der Waals surface area contributed by atoms with Crippen molar-refractivity contribution in [2.45, 2.75) is 32.7 Å². The van der Waals surface area contributed by atoms with Crippen LogP contribution in [0.3, 0.4) is 0 Å². The topological polar surface area (TPSA) is 57.6 Å². The van der Waals surface area contributed by atoms with E-state index in [0.29, 0.717) is 17.2 Å². The van der Waals surface area contributed by atoms with Gasteiger partial charge in [-0.1, -0.05) is 61.9 Å². The van der Waals surface area contributed by atoms with E-state index in [9.17, 15) is 14.7 Å². The summed E-state index contributed by atoms with van der Waals surface area (Å²) in [5.41, 5.74) is 3.49.